The van der Waals surface area contributed by atoms with Crippen molar-refractivity contribution in [3.63, 3.8) is 0 Å². The van der Waals surface area contributed by atoms with Crippen molar-refractivity contribution >= 4 is 17.6 Å². The molecule has 0 aliphatic heterocycles. The van der Waals surface area contributed by atoms with Crippen molar-refractivity contribution in [3.05, 3.63) is 58.4 Å². The highest BCUT2D eigenvalue weighted by molar-refractivity contribution is 6.30. The molecule has 0 atom stereocenters. The van der Waals surface area contributed by atoms with E-state index < -0.39 is 5.97 Å². The normalized spacial score (nSPS) is 10.3. The Morgan fingerprint density at radius 1 is 1.30 bits per heavy atom. The van der Waals surface area contributed by atoms with Crippen molar-refractivity contribution in [2.45, 2.75) is 12.8 Å². The van der Waals surface area contributed by atoms with Crippen molar-refractivity contribution in [2.24, 2.45) is 0 Å². The monoisotopic (exact) mass is 291 g/mol. The smallest absolute Gasteiger partial charge is 0.336 e. The fourth-order valence-corrected chi connectivity index (χ4v) is 2.19. The summed E-state index contributed by atoms with van der Waals surface area (Å²) < 4.78 is 5.28. The van der Waals surface area contributed by atoms with Crippen molar-refractivity contribution in [1.29, 1.82) is 0 Å². The first-order valence-electron chi connectivity index (χ1n) is 6.10. The number of aromatic nitrogens is 1. The van der Waals surface area contributed by atoms with Gasteiger partial charge in [-0.15, -0.1) is 0 Å². The Morgan fingerprint density at radius 3 is 2.75 bits per heavy atom. The van der Waals surface area contributed by atoms with Crippen LogP contribution < -0.4 is 4.74 Å². The molecule has 104 valence electrons. The summed E-state index contributed by atoms with van der Waals surface area (Å²) >= 11 is 5.91. The van der Waals surface area contributed by atoms with Gasteiger partial charge in [0.1, 0.15) is 5.75 Å². The molecule has 0 saturated carbocycles. The maximum Gasteiger partial charge on any atom is 0.336 e. The zero-order valence-electron chi connectivity index (χ0n) is 11.0. The summed E-state index contributed by atoms with van der Waals surface area (Å²) in [7, 11) is 1.59. The van der Waals surface area contributed by atoms with Crippen LogP contribution in [0.15, 0.2) is 36.7 Å². The molecule has 2 rings (SSSR count). The number of hydrogen-bond acceptors (Lipinski definition) is 3. The Kier molecular flexibility index (Phi) is 4.58. The van der Waals surface area contributed by atoms with Gasteiger partial charge in [-0.3, -0.25) is 4.98 Å². The molecule has 1 N–H and O–H groups in total. The van der Waals surface area contributed by atoms with E-state index in [-0.39, 0.29) is 5.56 Å². The first kappa shape index (κ1) is 14.3. The Balaban J connectivity index is 2.19. The van der Waals surface area contributed by atoms with Crippen LogP contribution in [0.5, 0.6) is 5.75 Å². The molecule has 0 aliphatic rings. The number of pyridine rings is 1. The molecule has 0 spiro atoms. The number of rotatable bonds is 5. The van der Waals surface area contributed by atoms with Crippen LogP contribution in [0.25, 0.3) is 0 Å². The largest absolute Gasteiger partial charge is 0.496 e. The summed E-state index contributed by atoms with van der Waals surface area (Å²) in [6.07, 6.45) is 4.31. The van der Waals surface area contributed by atoms with Crippen LogP contribution in [0.3, 0.4) is 0 Å². The van der Waals surface area contributed by atoms with E-state index >= 15 is 0 Å². The molecule has 1 heterocycles. The molecule has 0 bridgehead atoms. The number of carboxylic acids is 1. The van der Waals surface area contributed by atoms with Gasteiger partial charge in [-0.25, -0.2) is 4.79 Å². The van der Waals surface area contributed by atoms with E-state index in [0.717, 1.165) is 5.56 Å². The van der Waals surface area contributed by atoms with Crippen molar-refractivity contribution in [2.75, 3.05) is 7.11 Å². The Hall–Kier alpha value is -2.07. The molecular weight excluding hydrogens is 278 g/mol. The van der Waals surface area contributed by atoms with E-state index in [1.807, 2.05) is 6.07 Å². The fraction of sp³-hybridized carbons (Fsp3) is 0.200. The number of halogens is 1. The molecule has 4 nitrogen and oxygen atoms in total. The number of nitrogens with zero attached hydrogens (tertiary/aromatic N) is 1. The zero-order valence-corrected chi connectivity index (χ0v) is 11.7. The summed E-state index contributed by atoms with van der Waals surface area (Å²) in [4.78, 5) is 15.1. The van der Waals surface area contributed by atoms with Crippen molar-refractivity contribution in [3.8, 4) is 5.75 Å². The van der Waals surface area contributed by atoms with Crippen LogP contribution in [0.2, 0.25) is 5.02 Å². The molecule has 0 fully saturated rings. The van der Waals surface area contributed by atoms with Gasteiger partial charge in [0.2, 0.25) is 0 Å². The topological polar surface area (TPSA) is 59.4 Å². The van der Waals surface area contributed by atoms with E-state index in [9.17, 15) is 4.79 Å². The molecule has 0 saturated heterocycles. The lowest BCUT2D eigenvalue weighted by molar-refractivity contribution is 0.0695. The number of aryl methyl sites for hydroxylation is 2. The van der Waals surface area contributed by atoms with Crippen molar-refractivity contribution < 1.29 is 14.6 Å². The number of aromatic carboxylic acids is 1. The lowest BCUT2D eigenvalue weighted by Gasteiger charge is -2.10. The third-order valence-electron chi connectivity index (χ3n) is 3.05. The number of hydrogen-bond donors (Lipinski definition) is 1. The lowest BCUT2D eigenvalue weighted by Crippen LogP contribution is -2.04. The average Bonchev–Trinajstić information content (AvgIpc) is 2.46. The number of methoxy groups -OCH3 is 1. The highest BCUT2D eigenvalue weighted by Crippen LogP contribution is 2.24. The van der Waals surface area contributed by atoms with Crippen LogP contribution in [0.4, 0.5) is 0 Å². The standard InChI is InChI=1S/C15H14ClNO3/c1-20-14-8-12(16)5-4-10(14)2-3-11-9-17-7-6-13(11)15(18)19/h4-9H,2-3H2,1H3,(H,18,19). The summed E-state index contributed by atoms with van der Waals surface area (Å²) in [5.74, 6) is -0.233. The molecule has 20 heavy (non-hydrogen) atoms. The molecule has 5 heteroatoms. The second kappa shape index (κ2) is 6.39. The predicted molar refractivity (Wildman–Crippen MR) is 76.6 cm³/mol. The van der Waals surface area contributed by atoms with Crippen LogP contribution in [0, 0.1) is 0 Å². The van der Waals surface area contributed by atoms with E-state index in [4.69, 9.17) is 21.4 Å². The molecule has 0 unspecified atom stereocenters. The number of ether oxygens (including phenoxy) is 1. The van der Waals surface area contributed by atoms with E-state index in [0.29, 0.717) is 29.2 Å². The minimum atomic E-state index is -0.939. The minimum Gasteiger partial charge on any atom is -0.496 e. The highest BCUT2D eigenvalue weighted by Gasteiger charge is 2.11. The molecule has 1 aromatic carbocycles. The number of carbonyl (C=O) groups is 1. The third kappa shape index (κ3) is 3.27. The molecule has 0 amide bonds. The van der Waals surface area contributed by atoms with Gasteiger partial charge < -0.3 is 9.84 Å². The average molecular weight is 292 g/mol. The van der Waals surface area contributed by atoms with E-state index in [2.05, 4.69) is 4.98 Å². The van der Waals surface area contributed by atoms with Crippen LogP contribution in [-0.4, -0.2) is 23.2 Å². The summed E-state index contributed by atoms with van der Waals surface area (Å²) in [5.41, 5.74) is 1.97. The summed E-state index contributed by atoms with van der Waals surface area (Å²) in [6, 6.07) is 6.94. The van der Waals surface area contributed by atoms with Gasteiger partial charge in [0.25, 0.3) is 0 Å². The van der Waals surface area contributed by atoms with Gasteiger partial charge in [-0.2, -0.15) is 0 Å². The summed E-state index contributed by atoms with van der Waals surface area (Å²) in [5, 5.41) is 9.74. The maximum atomic E-state index is 11.1. The van der Waals surface area contributed by atoms with E-state index in [1.54, 1.807) is 25.4 Å². The number of carboxylic acid groups (broad SMARTS) is 1. The van der Waals surface area contributed by atoms with Crippen LogP contribution in [-0.2, 0) is 12.8 Å². The number of benzene rings is 1. The second-order valence-corrected chi connectivity index (χ2v) is 4.73. The van der Waals surface area contributed by atoms with Crippen molar-refractivity contribution in [1.82, 2.24) is 4.98 Å². The van der Waals surface area contributed by atoms with Crippen LogP contribution >= 0.6 is 11.6 Å². The second-order valence-electron chi connectivity index (χ2n) is 4.29. The quantitative estimate of drug-likeness (QED) is 0.919. The predicted octanol–water partition coefficient (Wildman–Crippen LogP) is 3.23. The Morgan fingerprint density at radius 2 is 2.05 bits per heavy atom. The summed E-state index contributed by atoms with van der Waals surface area (Å²) in [6.45, 7) is 0. The van der Waals surface area contributed by atoms with Crippen LogP contribution in [0.1, 0.15) is 21.5 Å². The SMILES string of the molecule is COc1cc(Cl)ccc1CCc1cnccc1C(=O)O. The molecule has 0 aliphatic carbocycles. The molecular formula is C15H14ClNO3. The van der Waals surface area contributed by atoms with E-state index in [1.165, 1.54) is 12.3 Å². The Labute approximate surface area is 122 Å². The minimum absolute atomic E-state index is 0.285. The van der Waals surface area contributed by atoms with Gasteiger partial charge in [0, 0.05) is 17.4 Å². The molecule has 0 radical (unpaired) electrons. The highest BCUT2D eigenvalue weighted by atomic mass is 35.5. The maximum absolute atomic E-state index is 11.1. The molecule has 2 aromatic rings. The lowest BCUT2D eigenvalue weighted by atomic mass is 10.0. The van der Waals surface area contributed by atoms with Gasteiger partial charge in [0.15, 0.2) is 0 Å². The van der Waals surface area contributed by atoms with Gasteiger partial charge in [-0.05, 0) is 42.2 Å². The van der Waals surface area contributed by atoms with Gasteiger partial charge in [-0.1, -0.05) is 17.7 Å². The Bertz CT molecular complexity index is 628. The first-order chi connectivity index (χ1) is 9.61. The third-order valence-corrected chi connectivity index (χ3v) is 3.28. The van der Waals surface area contributed by atoms with Gasteiger partial charge >= 0.3 is 5.97 Å². The molecule has 1 aromatic heterocycles. The van der Waals surface area contributed by atoms with Gasteiger partial charge in [0.05, 0.1) is 12.7 Å². The fourth-order valence-electron chi connectivity index (χ4n) is 2.03. The zero-order chi connectivity index (χ0) is 14.5. The first-order valence-corrected chi connectivity index (χ1v) is 6.48.